The van der Waals surface area contributed by atoms with Crippen molar-refractivity contribution < 1.29 is 14.3 Å². The number of anilines is 2. The second-order valence-electron chi connectivity index (χ2n) is 8.34. The van der Waals surface area contributed by atoms with Gasteiger partial charge in [0.25, 0.3) is 0 Å². The van der Waals surface area contributed by atoms with Gasteiger partial charge >= 0.3 is 5.97 Å². The van der Waals surface area contributed by atoms with Gasteiger partial charge in [0.2, 0.25) is 0 Å². The van der Waals surface area contributed by atoms with Crippen LogP contribution in [0.3, 0.4) is 0 Å². The Morgan fingerprint density at radius 1 is 1.13 bits per heavy atom. The van der Waals surface area contributed by atoms with E-state index in [1.165, 1.54) is 5.56 Å². The normalized spacial score (nSPS) is 18.6. The number of aromatic nitrogens is 1. The average molecular weight is 405 g/mol. The summed E-state index contributed by atoms with van der Waals surface area (Å²) in [6.45, 7) is 5.66. The van der Waals surface area contributed by atoms with Crippen LogP contribution in [0.1, 0.15) is 42.6 Å². The zero-order chi connectivity index (χ0) is 21.3. The van der Waals surface area contributed by atoms with Crippen LogP contribution in [0.25, 0.3) is 0 Å². The van der Waals surface area contributed by atoms with Gasteiger partial charge in [0.1, 0.15) is 11.4 Å². The molecule has 2 aliphatic rings. The summed E-state index contributed by atoms with van der Waals surface area (Å²) in [6.07, 6.45) is 5.44. The maximum atomic E-state index is 12.7. The molecule has 0 aliphatic carbocycles. The van der Waals surface area contributed by atoms with Gasteiger partial charge in [-0.3, -0.25) is 4.79 Å². The monoisotopic (exact) mass is 405 g/mol. The molecule has 0 atom stereocenters. The van der Waals surface area contributed by atoms with E-state index in [9.17, 15) is 9.59 Å². The van der Waals surface area contributed by atoms with Gasteiger partial charge in [-0.15, -0.1) is 0 Å². The molecule has 0 spiro atoms. The summed E-state index contributed by atoms with van der Waals surface area (Å²) in [5.41, 5.74) is 3.27. The molecular weight excluding hydrogens is 378 g/mol. The first-order chi connectivity index (χ1) is 14.4. The van der Waals surface area contributed by atoms with Crippen LogP contribution in [0.5, 0.6) is 0 Å². The second kappa shape index (κ2) is 7.94. The molecule has 0 N–H and O–H groups in total. The first kappa shape index (κ1) is 20.1. The van der Waals surface area contributed by atoms with Crippen LogP contribution < -0.4 is 9.80 Å². The molecular formula is C24H27N3O3. The summed E-state index contributed by atoms with van der Waals surface area (Å²) >= 11 is 0. The third kappa shape index (κ3) is 3.58. The number of ether oxygens (including phenoxy) is 1. The minimum Gasteiger partial charge on any atom is -0.454 e. The third-order valence-electron chi connectivity index (χ3n) is 6.00. The number of carbonyl (C=O) groups excluding carboxylic acids is 2. The highest BCUT2D eigenvalue weighted by Crippen LogP contribution is 2.46. The number of likely N-dealkylation sites (N-methyl/N-ethyl adjacent to an activating group) is 1. The van der Waals surface area contributed by atoms with Crippen molar-refractivity contribution >= 4 is 23.3 Å². The van der Waals surface area contributed by atoms with E-state index >= 15 is 0 Å². The van der Waals surface area contributed by atoms with E-state index in [4.69, 9.17) is 4.74 Å². The number of para-hydroxylation sites is 1. The standard InChI is InChI=1S/C24H27N3O3/c1-24(2)19-10-4-5-11-20(19)26(3)21(24)15-17(28)16-30-23(29)18-9-8-12-25-22(18)27-13-6-7-14-27/h4-5,8-12,15H,6-7,13-14,16H2,1-3H3/b21-15-. The Bertz CT molecular complexity index is 1010. The molecule has 1 aromatic carbocycles. The summed E-state index contributed by atoms with van der Waals surface area (Å²) in [6, 6.07) is 11.5. The highest BCUT2D eigenvalue weighted by Gasteiger charge is 2.38. The van der Waals surface area contributed by atoms with Crippen LogP contribution in [-0.2, 0) is 14.9 Å². The number of benzene rings is 1. The number of pyridine rings is 1. The summed E-state index contributed by atoms with van der Waals surface area (Å²) < 4.78 is 5.36. The lowest BCUT2D eigenvalue weighted by Gasteiger charge is -2.24. The fraction of sp³-hybridized carbons (Fsp3) is 0.375. The number of carbonyl (C=O) groups is 2. The lowest BCUT2D eigenvalue weighted by molar-refractivity contribution is -0.117. The average Bonchev–Trinajstić information content (AvgIpc) is 3.35. The van der Waals surface area contributed by atoms with Crippen molar-refractivity contribution in [2.24, 2.45) is 0 Å². The van der Waals surface area contributed by atoms with Crippen LogP contribution in [0.15, 0.2) is 54.4 Å². The van der Waals surface area contributed by atoms with Crippen molar-refractivity contribution in [1.82, 2.24) is 4.98 Å². The number of fused-ring (bicyclic) bond motifs is 1. The Morgan fingerprint density at radius 2 is 1.87 bits per heavy atom. The van der Waals surface area contributed by atoms with Gasteiger partial charge in [-0.05, 0) is 36.6 Å². The quantitative estimate of drug-likeness (QED) is 0.558. The highest BCUT2D eigenvalue weighted by molar-refractivity contribution is 5.98. The lowest BCUT2D eigenvalue weighted by Crippen LogP contribution is -2.25. The molecule has 0 radical (unpaired) electrons. The lowest BCUT2D eigenvalue weighted by atomic mass is 9.83. The summed E-state index contributed by atoms with van der Waals surface area (Å²) in [5.74, 6) is -0.116. The number of allylic oxidation sites excluding steroid dienone is 1. The molecule has 0 saturated carbocycles. The van der Waals surface area contributed by atoms with Crippen LogP contribution in [-0.4, -0.2) is 43.5 Å². The van der Waals surface area contributed by atoms with E-state index < -0.39 is 5.97 Å². The van der Waals surface area contributed by atoms with Gasteiger partial charge in [-0.2, -0.15) is 0 Å². The minimum atomic E-state index is -0.515. The molecule has 3 heterocycles. The van der Waals surface area contributed by atoms with Gasteiger partial charge < -0.3 is 14.5 Å². The van der Waals surface area contributed by atoms with Crippen molar-refractivity contribution in [3.05, 3.63) is 65.5 Å². The first-order valence-electron chi connectivity index (χ1n) is 10.3. The fourth-order valence-electron chi connectivity index (χ4n) is 4.40. The third-order valence-corrected chi connectivity index (χ3v) is 6.00. The molecule has 6 nitrogen and oxygen atoms in total. The molecule has 0 bridgehead atoms. The Morgan fingerprint density at radius 3 is 2.60 bits per heavy atom. The number of rotatable bonds is 5. The summed E-state index contributed by atoms with van der Waals surface area (Å²) in [4.78, 5) is 33.8. The Balaban J connectivity index is 1.47. The molecule has 156 valence electrons. The van der Waals surface area contributed by atoms with Crippen LogP contribution in [0.4, 0.5) is 11.5 Å². The van der Waals surface area contributed by atoms with Gasteiger partial charge in [0, 0.05) is 49.2 Å². The van der Waals surface area contributed by atoms with Crippen molar-refractivity contribution in [1.29, 1.82) is 0 Å². The zero-order valence-corrected chi connectivity index (χ0v) is 17.7. The molecule has 4 rings (SSSR count). The smallest absolute Gasteiger partial charge is 0.342 e. The Hall–Kier alpha value is -3.15. The van der Waals surface area contributed by atoms with Crippen LogP contribution in [0, 0.1) is 0 Å². The second-order valence-corrected chi connectivity index (χ2v) is 8.34. The molecule has 30 heavy (non-hydrogen) atoms. The van der Waals surface area contributed by atoms with Gasteiger partial charge in [0.15, 0.2) is 12.4 Å². The number of nitrogens with zero attached hydrogens (tertiary/aromatic N) is 3. The van der Waals surface area contributed by atoms with Gasteiger partial charge in [0.05, 0.1) is 0 Å². The van der Waals surface area contributed by atoms with E-state index in [2.05, 4.69) is 29.8 Å². The summed E-state index contributed by atoms with van der Waals surface area (Å²) in [5, 5.41) is 0. The number of ketones is 1. The number of esters is 1. The van der Waals surface area contributed by atoms with E-state index in [1.54, 1.807) is 24.4 Å². The minimum absolute atomic E-state index is 0.238. The molecule has 2 aromatic rings. The van der Waals surface area contributed by atoms with Gasteiger partial charge in [-0.25, -0.2) is 9.78 Å². The predicted octanol–water partition coefficient (Wildman–Crippen LogP) is 3.72. The molecule has 0 unspecified atom stereocenters. The van der Waals surface area contributed by atoms with Crippen molar-refractivity contribution in [3.63, 3.8) is 0 Å². The fourth-order valence-corrected chi connectivity index (χ4v) is 4.40. The highest BCUT2D eigenvalue weighted by atomic mass is 16.5. The van der Waals surface area contributed by atoms with E-state index in [0.29, 0.717) is 11.4 Å². The molecule has 6 heteroatoms. The molecule has 1 saturated heterocycles. The summed E-state index contributed by atoms with van der Waals surface area (Å²) in [7, 11) is 1.96. The SMILES string of the molecule is CN1/C(=C\C(=O)COC(=O)c2cccnc2N2CCCC2)C(C)(C)c2ccccc21. The van der Waals surface area contributed by atoms with Crippen molar-refractivity contribution in [2.45, 2.75) is 32.1 Å². The number of hydrogen-bond acceptors (Lipinski definition) is 6. The molecule has 0 amide bonds. The van der Waals surface area contributed by atoms with Crippen LogP contribution in [0.2, 0.25) is 0 Å². The maximum absolute atomic E-state index is 12.7. The first-order valence-corrected chi connectivity index (χ1v) is 10.3. The predicted molar refractivity (Wildman–Crippen MR) is 117 cm³/mol. The van der Waals surface area contributed by atoms with Crippen LogP contribution >= 0.6 is 0 Å². The zero-order valence-electron chi connectivity index (χ0n) is 17.7. The molecule has 2 aliphatic heterocycles. The largest absolute Gasteiger partial charge is 0.454 e. The van der Waals surface area contributed by atoms with E-state index in [-0.39, 0.29) is 17.8 Å². The van der Waals surface area contributed by atoms with Gasteiger partial charge in [-0.1, -0.05) is 32.0 Å². The van der Waals surface area contributed by atoms with Crippen molar-refractivity contribution in [2.75, 3.05) is 36.5 Å². The maximum Gasteiger partial charge on any atom is 0.342 e. The topological polar surface area (TPSA) is 62.7 Å². The Kier molecular flexibility index (Phi) is 5.33. The van der Waals surface area contributed by atoms with Crippen molar-refractivity contribution in [3.8, 4) is 0 Å². The molecule has 1 fully saturated rings. The number of hydrogen-bond donors (Lipinski definition) is 0. The molecule has 1 aromatic heterocycles. The van der Waals surface area contributed by atoms with E-state index in [0.717, 1.165) is 37.3 Å². The van der Waals surface area contributed by atoms with E-state index in [1.807, 2.05) is 30.1 Å². The Labute approximate surface area is 177 Å².